The normalized spacial score (nSPS) is 16.6. The second kappa shape index (κ2) is 14.1. The number of rotatable bonds is 16. The summed E-state index contributed by atoms with van der Waals surface area (Å²) >= 11 is 0. The lowest BCUT2D eigenvalue weighted by molar-refractivity contribution is -0.153. The van der Waals surface area contributed by atoms with Crippen molar-refractivity contribution in [2.45, 2.75) is 131 Å². The van der Waals surface area contributed by atoms with Gasteiger partial charge < -0.3 is 9.84 Å². The lowest BCUT2D eigenvalue weighted by Gasteiger charge is -2.30. The molecule has 0 radical (unpaired) electrons. The number of carbonyl (C=O) groups excluding carboxylic acids is 1. The van der Waals surface area contributed by atoms with Gasteiger partial charge in [0.05, 0.1) is 6.08 Å². The van der Waals surface area contributed by atoms with E-state index in [1.807, 2.05) is 13.8 Å². The molecule has 0 amide bonds. The molecular formula is C24H46O3. The van der Waals surface area contributed by atoms with Gasteiger partial charge in [-0.3, -0.25) is 0 Å². The van der Waals surface area contributed by atoms with Crippen molar-refractivity contribution in [2.75, 3.05) is 0 Å². The standard InChI is InChI=1S/C24H46O3/c1-7-11-14-15-16-18-23(5,17-12-8-2)21(25)20-22(26)27-24(6,10-4)19-13-9-3/h20,25H,7-19H2,1-6H3/b21-20+. The van der Waals surface area contributed by atoms with Crippen LogP contribution in [0.4, 0.5) is 0 Å². The Kier molecular flexibility index (Phi) is 13.6. The van der Waals surface area contributed by atoms with Crippen molar-refractivity contribution in [1.29, 1.82) is 0 Å². The van der Waals surface area contributed by atoms with E-state index in [0.717, 1.165) is 57.8 Å². The predicted molar refractivity (Wildman–Crippen MR) is 116 cm³/mol. The second-order valence-electron chi connectivity index (χ2n) is 8.69. The SMILES string of the molecule is CCCCCCCC(C)(CCCC)/C(O)=C\C(=O)OC(C)(CC)CCCC. The Bertz CT molecular complexity index is 429. The van der Waals surface area contributed by atoms with Crippen LogP contribution >= 0.6 is 0 Å². The molecule has 3 nitrogen and oxygen atoms in total. The molecule has 0 aliphatic heterocycles. The van der Waals surface area contributed by atoms with E-state index >= 15 is 0 Å². The summed E-state index contributed by atoms with van der Waals surface area (Å²) in [5, 5.41) is 10.8. The van der Waals surface area contributed by atoms with Crippen molar-refractivity contribution < 1.29 is 14.6 Å². The molecule has 0 heterocycles. The number of allylic oxidation sites excluding steroid dienone is 1. The average molecular weight is 383 g/mol. The minimum atomic E-state index is -0.441. The zero-order chi connectivity index (χ0) is 20.8. The van der Waals surface area contributed by atoms with Crippen molar-refractivity contribution in [1.82, 2.24) is 0 Å². The fourth-order valence-electron chi connectivity index (χ4n) is 3.48. The summed E-state index contributed by atoms with van der Waals surface area (Å²) in [6.45, 7) is 12.7. The van der Waals surface area contributed by atoms with Crippen molar-refractivity contribution in [2.24, 2.45) is 5.41 Å². The number of hydrogen-bond donors (Lipinski definition) is 1. The maximum Gasteiger partial charge on any atom is 0.334 e. The Labute approximate surface area is 169 Å². The zero-order valence-electron chi connectivity index (χ0n) is 19.0. The first-order valence-corrected chi connectivity index (χ1v) is 11.4. The summed E-state index contributed by atoms with van der Waals surface area (Å²) in [4.78, 5) is 12.5. The summed E-state index contributed by atoms with van der Waals surface area (Å²) < 4.78 is 5.74. The number of esters is 1. The van der Waals surface area contributed by atoms with Crippen molar-refractivity contribution >= 4 is 5.97 Å². The molecule has 160 valence electrons. The molecule has 3 heteroatoms. The van der Waals surface area contributed by atoms with E-state index in [1.54, 1.807) is 0 Å². The van der Waals surface area contributed by atoms with E-state index in [0.29, 0.717) is 0 Å². The molecule has 0 aromatic carbocycles. The van der Waals surface area contributed by atoms with Crippen molar-refractivity contribution in [3.8, 4) is 0 Å². The minimum absolute atomic E-state index is 0.199. The molecule has 0 aliphatic carbocycles. The lowest BCUT2D eigenvalue weighted by atomic mass is 9.78. The highest BCUT2D eigenvalue weighted by molar-refractivity contribution is 5.83. The molecule has 27 heavy (non-hydrogen) atoms. The van der Waals surface area contributed by atoms with Crippen LogP contribution in [0.1, 0.15) is 125 Å². The Morgan fingerprint density at radius 3 is 1.89 bits per heavy atom. The van der Waals surface area contributed by atoms with Gasteiger partial charge >= 0.3 is 5.97 Å². The smallest absolute Gasteiger partial charge is 0.334 e. The number of aliphatic hydroxyl groups excluding tert-OH is 1. The van der Waals surface area contributed by atoms with Gasteiger partial charge in [-0.1, -0.05) is 86.0 Å². The first kappa shape index (κ1) is 26.0. The summed E-state index contributed by atoms with van der Waals surface area (Å²) in [6, 6.07) is 0. The maximum absolute atomic E-state index is 12.5. The van der Waals surface area contributed by atoms with Crippen LogP contribution in [-0.2, 0) is 9.53 Å². The van der Waals surface area contributed by atoms with Gasteiger partial charge in [-0.2, -0.15) is 0 Å². The molecule has 0 saturated carbocycles. The molecule has 0 aromatic heterocycles. The van der Waals surface area contributed by atoms with Gasteiger partial charge in [-0.05, 0) is 39.0 Å². The molecule has 0 fully saturated rings. The molecule has 0 saturated heterocycles. The Hall–Kier alpha value is -0.990. The first-order chi connectivity index (χ1) is 12.8. The number of carbonyl (C=O) groups is 1. The third-order valence-electron chi connectivity index (χ3n) is 5.94. The highest BCUT2D eigenvalue weighted by Crippen LogP contribution is 2.37. The van der Waals surface area contributed by atoms with Crippen LogP contribution in [0.3, 0.4) is 0 Å². The van der Waals surface area contributed by atoms with Crippen LogP contribution in [0.2, 0.25) is 0 Å². The second-order valence-corrected chi connectivity index (χ2v) is 8.69. The van der Waals surface area contributed by atoms with E-state index in [1.165, 1.54) is 31.8 Å². The Morgan fingerprint density at radius 2 is 1.33 bits per heavy atom. The minimum Gasteiger partial charge on any atom is -0.511 e. The van der Waals surface area contributed by atoms with Gasteiger partial charge in [0.25, 0.3) is 0 Å². The molecule has 2 atom stereocenters. The number of hydrogen-bond acceptors (Lipinski definition) is 3. The quantitative estimate of drug-likeness (QED) is 0.128. The number of ether oxygens (including phenoxy) is 1. The van der Waals surface area contributed by atoms with E-state index in [2.05, 4.69) is 27.7 Å². The van der Waals surface area contributed by atoms with Crippen LogP contribution in [0, 0.1) is 5.41 Å². The van der Waals surface area contributed by atoms with Gasteiger partial charge in [0.1, 0.15) is 11.4 Å². The molecular weight excluding hydrogens is 336 g/mol. The predicted octanol–water partition coefficient (Wildman–Crippen LogP) is 7.89. The summed E-state index contributed by atoms with van der Waals surface area (Å²) in [6.07, 6.45) is 15.2. The van der Waals surface area contributed by atoms with Crippen LogP contribution in [0.15, 0.2) is 11.8 Å². The lowest BCUT2D eigenvalue weighted by Crippen LogP contribution is -2.31. The topological polar surface area (TPSA) is 46.5 Å². The van der Waals surface area contributed by atoms with Gasteiger partial charge in [0, 0.05) is 5.41 Å². The highest BCUT2D eigenvalue weighted by Gasteiger charge is 2.31. The molecule has 0 bridgehead atoms. The zero-order valence-corrected chi connectivity index (χ0v) is 19.0. The molecule has 0 spiro atoms. The maximum atomic E-state index is 12.5. The average Bonchev–Trinajstić information content (AvgIpc) is 2.64. The van der Waals surface area contributed by atoms with Crippen molar-refractivity contribution in [3.05, 3.63) is 11.8 Å². The Balaban J connectivity index is 4.99. The van der Waals surface area contributed by atoms with Gasteiger partial charge in [-0.15, -0.1) is 0 Å². The third kappa shape index (κ3) is 10.8. The largest absolute Gasteiger partial charge is 0.511 e. The van der Waals surface area contributed by atoms with Crippen LogP contribution < -0.4 is 0 Å². The fourth-order valence-corrected chi connectivity index (χ4v) is 3.48. The van der Waals surface area contributed by atoms with Gasteiger partial charge in [0.15, 0.2) is 0 Å². The van der Waals surface area contributed by atoms with Crippen molar-refractivity contribution in [3.63, 3.8) is 0 Å². The summed E-state index contributed by atoms with van der Waals surface area (Å²) in [7, 11) is 0. The van der Waals surface area contributed by atoms with E-state index < -0.39 is 11.6 Å². The van der Waals surface area contributed by atoms with Crippen LogP contribution in [0.25, 0.3) is 0 Å². The fraction of sp³-hybridized carbons (Fsp3) is 0.875. The molecule has 0 rings (SSSR count). The van der Waals surface area contributed by atoms with E-state index in [-0.39, 0.29) is 11.2 Å². The number of aliphatic hydroxyl groups is 1. The molecule has 0 aliphatic rings. The Morgan fingerprint density at radius 1 is 0.815 bits per heavy atom. The first-order valence-electron chi connectivity index (χ1n) is 11.4. The summed E-state index contributed by atoms with van der Waals surface area (Å²) in [5.41, 5.74) is -0.767. The monoisotopic (exact) mass is 382 g/mol. The molecule has 1 N–H and O–H groups in total. The molecule has 2 unspecified atom stereocenters. The van der Waals surface area contributed by atoms with Gasteiger partial charge in [0.2, 0.25) is 0 Å². The van der Waals surface area contributed by atoms with E-state index in [9.17, 15) is 9.90 Å². The van der Waals surface area contributed by atoms with Crippen LogP contribution in [-0.4, -0.2) is 16.7 Å². The van der Waals surface area contributed by atoms with Crippen LogP contribution in [0.5, 0.6) is 0 Å². The highest BCUT2D eigenvalue weighted by atomic mass is 16.6. The third-order valence-corrected chi connectivity index (χ3v) is 5.94. The van der Waals surface area contributed by atoms with Gasteiger partial charge in [-0.25, -0.2) is 4.79 Å². The summed E-state index contributed by atoms with van der Waals surface area (Å²) in [5.74, 6) is -0.202. The van der Waals surface area contributed by atoms with E-state index in [4.69, 9.17) is 4.74 Å². The molecule has 0 aromatic rings. The number of unbranched alkanes of at least 4 members (excludes halogenated alkanes) is 6.